The minimum Gasteiger partial charge on any atom is -0.348 e. The van der Waals surface area contributed by atoms with Crippen LogP contribution in [0, 0.1) is 6.92 Å². The molecule has 0 heterocycles. The van der Waals surface area contributed by atoms with Gasteiger partial charge in [-0.15, -0.1) is 0 Å². The van der Waals surface area contributed by atoms with Crippen LogP contribution in [0.1, 0.15) is 49.4 Å². The van der Waals surface area contributed by atoms with E-state index in [0.717, 1.165) is 30.5 Å². The van der Waals surface area contributed by atoms with Gasteiger partial charge in [0.2, 0.25) is 12.8 Å². The maximum atomic E-state index is 12.7. The van der Waals surface area contributed by atoms with Crippen LogP contribution < -0.4 is 27.6 Å². The lowest BCUT2D eigenvalue weighted by atomic mass is 10.00. The van der Waals surface area contributed by atoms with Gasteiger partial charge in [-0.2, -0.15) is 0 Å². The number of halogens is 3. The predicted molar refractivity (Wildman–Crippen MR) is 109 cm³/mol. The molecule has 2 atom stereocenters. The van der Waals surface area contributed by atoms with Crippen molar-refractivity contribution >= 4 is 5.91 Å². The van der Waals surface area contributed by atoms with E-state index in [2.05, 4.69) is 34.6 Å². The highest BCUT2D eigenvalue weighted by Crippen LogP contribution is 2.19. The molecule has 0 aromatic heterocycles. The fraction of sp³-hybridized carbons (Fsp3) is 0.632. The largest absolute Gasteiger partial charge is 0.348 e. The highest BCUT2D eigenvalue weighted by Gasteiger charge is 2.12. The third-order valence-corrected chi connectivity index (χ3v) is 4.01. The zero-order valence-corrected chi connectivity index (χ0v) is 17.3. The Morgan fingerprint density at radius 1 is 1.18 bits per heavy atom. The van der Waals surface area contributed by atoms with Gasteiger partial charge in [-0.25, -0.2) is 13.2 Å². The highest BCUT2D eigenvalue weighted by molar-refractivity contribution is 5.78. The normalized spacial score (nSPS) is 12.0. The van der Waals surface area contributed by atoms with Crippen molar-refractivity contribution in [3.05, 3.63) is 34.9 Å². The Morgan fingerprint density at radius 3 is 2.29 bits per heavy atom. The van der Waals surface area contributed by atoms with Crippen LogP contribution in [0.25, 0.3) is 0 Å². The van der Waals surface area contributed by atoms with Crippen molar-refractivity contribution in [1.82, 2.24) is 16.0 Å². The molecule has 0 saturated heterocycles. The van der Waals surface area contributed by atoms with E-state index in [0.29, 0.717) is 18.2 Å². The number of aryl methyl sites for hydroxylation is 1. The molecule has 1 amide bonds. The van der Waals surface area contributed by atoms with Gasteiger partial charge in [0.25, 0.3) is 0 Å². The number of hydrogen-bond donors (Lipinski definition) is 5. The third-order valence-electron chi connectivity index (χ3n) is 4.01. The first-order valence-corrected chi connectivity index (χ1v) is 9.17. The molecule has 2 unspecified atom stereocenters. The second-order valence-corrected chi connectivity index (χ2v) is 6.24. The van der Waals surface area contributed by atoms with E-state index in [1.165, 1.54) is 0 Å². The zero-order valence-electron chi connectivity index (χ0n) is 17.3. The molecule has 0 saturated carbocycles. The summed E-state index contributed by atoms with van der Waals surface area (Å²) in [5, 5.41) is 9.35. The van der Waals surface area contributed by atoms with Gasteiger partial charge in [-0.1, -0.05) is 18.2 Å². The fourth-order valence-electron chi connectivity index (χ4n) is 2.63. The first kappa shape index (κ1) is 28.5. The summed E-state index contributed by atoms with van der Waals surface area (Å²) < 4.78 is 31.9. The van der Waals surface area contributed by atoms with E-state index in [-0.39, 0.29) is 11.9 Å². The van der Waals surface area contributed by atoms with Crippen LogP contribution in [0.4, 0.5) is 13.2 Å². The van der Waals surface area contributed by atoms with Crippen LogP contribution in [-0.2, 0) is 11.5 Å². The summed E-state index contributed by atoms with van der Waals surface area (Å²) in [5.41, 5.74) is 2.70. The molecule has 0 aliphatic carbocycles. The Hall–Kier alpha value is -1.68. The van der Waals surface area contributed by atoms with Gasteiger partial charge < -0.3 is 16.0 Å². The van der Waals surface area contributed by atoms with E-state index in [1.807, 2.05) is 33.0 Å². The molecule has 0 aliphatic heterocycles. The average Bonchev–Trinajstić information content (AvgIpc) is 2.68. The lowest BCUT2D eigenvalue weighted by Gasteiger charge is -2.19. The van der Waals surface area contributed by atoms with E-state index < -0.39 is 13.6 Å². The van der Waals surface area contributed by atoms with Crippen LogP contribution in [0.3, 0.4) is 0 Å². The van der Waals surface area contributed by atoms with Crippen molar-refractivity contribution in [2.75, 3.05) is 27.1 Å². The predicted octanol–water partition coefficient (Wildman–Crippen LogP) is 2.32. The molecule has 0 radical (unpaired) electrons. The number of nitrogens with one attached hydrogen (secondary N) is 3. The van der Waals surface area contributed by atoms with Crippen molar-refractivity contribution in [3.63, 3.8) is 0 Å². The van der Waals surface area contributed by atoms with E-state index >= 15 is 0 Å². The summed E-state index contributed by atoms with van der Waals surface area (Å²) >= 11 is 0. The maximum Gasteiger partial charge on any atom is 0.234 e. The van der Waals surface area contributed by atoms with Gasteiger partial charge in [0.05, 0.1) is 12.6 Å². The number of hydrogen-bond acceptors (Lipinski definition) is 5. The van der Waals surface area contributed by atoms with Gasteiger partial charge in [0.15, 0.2) is 0 Å². The molecule has 0 aliphatic rings. The summed E-state index contributed by atoms with van der Waals surface area (Å²) in [6, 6.07) is 5.73. The molecule has 6 nitrogen and oxygen atoms in total. The maximum absolute atomic E-state index is 12.7. The zero-order chi connectivity index (χ0) is 21.9. The highest BCUT2D eigenvalue weighted by atomic mass is 19.3. The van der Waals surface area contributed by atoms with Crippen LogP contribution >= 0.6 is 0 Å². The number of carbonyl (C=O) groups excluding carboxylic acids is 1. The molecular formula is C19H36F3N5O. The topological polar surface area (TPSA) is 105 Å². The molecule has 9 heteroatoms. The van der Waals surface area contributed by atoms with Gasteiger partial charge in [0, 0.05) is 6.04 Å². The molecular weight excluding hydrogens is 371 g/mol. The minimum absolute atomic E-state index is 0.0214. The fourth-order valence-corrected chi connectivity index (χ4v) is 2.63. The second kappa shape index (κ2) is 18.7. The Balaban J connectivity index is 0. The molecule has 1 aromatic carbocycles. The van der Waals surface area contributed by atoms with Crippen molar-refractivity contribution in [3.8, 4) is 0 Å². The summed E-state index contributed by atoms with van der Waals surface area (Å²) in [4.78, 5) is 12.0. The number of alkyl halides is 3. The standard InChI is InChI=1S/C18H30FN3O.CH2F2.H4N2/c1-13-10-16(11-19)7-8-17(13)15(3)22-18(23)12-21-14(2)6-5-9-20-4;2-1-3;1-2/h7-8,10,14-15,20-21H,5-6,9,11-12H2,1-4H3,(H,22,23);1H2;1-2H2. The third kappa shape index (κ3) is 13.5. The molecule has 1 rings (SSSR count). The SMILES string of the molecule is CNCCCC(C)NCC(=O)NC(C)c1ccc(CF)cc1C.FCF.NN. The van der Waals surface area contributed by atoms with Crippen molar-refractivity contribution in [2.45, 2.75) is 52.4 Å². The number of hydrazine groups is 1. The van der Waals surface area contributed by atoms with Crippen LogP contribution in [-0.4, -0.2) is 39.0 Å². The van der Waals surface area contributed by atoms with Crippen molar-refractivity contribution in [1.29, 1.82) is 0 Å². The van der Waals surface area contributed by atoms with Gasteiger partial charge in [0.1, 0.15) is 6.67 Å². The van der Waals surface area contributed by atoms with Crippen molar-refractivity contribution < 1.29 is 18.0 Å². The summed E-state index contributed by atoms with van der Waals surface area (Å²) in [7, 11) is 1.94. The number of benzene rings is 1. The van der Waals surface area contributed by atoms with Gasteiger partial charge in [-0.05, 0) is 63.9 Å². The van der Waals surface area contributed by atoms with Crippen LogP contribution in [0.5, 0.6) is 0 Å². The average molecular weight is 408 g/mol. The van der Waals surface area contributed by atoms with Crippen LogP contribution in [0.2, 0.25) is 0 Å². The molecule has 28 heavy (non-hydrogen) atoms. The lowest BCUT2D eigenvalue weighted by Crippen LogP contribution is -2.39. The smallest absolute Gasteiger partial charge is 0.234 e. The molecule has 1 aromatic rings. The lowest BCUT2D eigenvalue weighted by molar-refractivity contribution is -0.121. The summed E-state index contributed by atoms with van der Waals surface area (Å²) in [6.07, 6.45) is 2.12. The first-order chi connectivity index (χ1) is 13.4. The number of amides is 1. The van der Waals surface area contributed by atoms with E-state index in [1.54, 1.807) is 6.07 Å². The molecule has 0 spiro atoms. The Kier molecular flexibility index (Phi) is 19.0. The Bertz CT molecular complexity index is 520. The Labute approximate surface area is 166 Å². The molecule has 7 N–H and O–H groups in total. The quantitative estimate of drug-likeness (QED) is 0.233. The van der Waals surface area contributed by atoms with Crippen molar-refractivity contribution in [2.24, 2.45) is 11.7 Å². The number of carbonyl (C=O) groups is 1. The van der Waals surface area contributed by atoms with Gasteiger partial charge in [-0.3, -0.25) is 16.5 Å². The molecule has 164 valence electrons. The number of rotatable bonds is 10. The first-order valence-electron chi connectivity index (χ1n) is 9.17. The Morgan fingerprint density at radius 2 is 1.79 bits per heavy atom. The minimum atomic E-state index is -1.75. The van der Waals surface area contributed by atoms with E-state index in [4.69, 9.17) is 0 Å². The summed E-state index contributed by atoms with van der Waals surface area (Å²) in [6.45, 7) is 5.07. The number of nitrogens with two attached hydrogens (primary N) is 2. The molecule has 0 fully saturated rings. The molecule has 0 bridgehead atoms. The van der Waals surface area contributed by atoms with Crippen LogP contribution in [0.15, 0.2) is 18.2 Å². The second-order valence-electron chi connectivity index (χ2n) is 6.24. The summed E-state index contributed by atoms with van der Waals surface area (Å²) in [5.74, 6) is 7.98. The monoisotopic (exact) mass is 407 g/mol. The van der Waals surface area contributed by atoms with E-state index in [9.17, 15) is 18.0 Å². The van der Waals surface area contributed by atoms with Gasteiger partial charge >= 0.3 is 0 Å².